The molecule has 1 aromatic rings. The summed E-state index contributed by atoms with van der Waals surface area (Å²) in [5.74, 6) is -1.23. The van der Waals surface area contributed by atoms with Crippen LogP contribution in [0.2, 0.25) is 0 Å². The Morgan fingerprint density at radius 1 is 1.19 bits per heavy atom. The summed E-state index contributed by atoms with van der Waals surface area (Å²) in [5.41, 5.74) is 0.487. The lowest BCUT2D eigenvalue weighted by Crippen LogP contribution is -2.48. The van der Waals surface area contributed by atoms with Crippen molar-refractivity contribution in [1.82, 2.24) is 20.9 Å². The van der Waals surface area contributed by atoms with E-state index in [0.29, 0.717) is 18.4 Å². The van der Waals surface area contributed by atoms with E-state index in [1.54, 1.807) is 26.0 Å². The maximum atomic E-state index is 13.0. The van der Waals surface area contributed by atoms with Crippen LogP contribution < -0.4 is 16.0 Å². The summed E-state index contributed by atoms with van der Waals surface area (Å²) in [5, 5.41) is 7.44. The molecule has 0 bridgehead atoms. The number of imide groups is 2. The van der Waals surface area contributed by atoms with Crippen molar-refractivity contribution in [3.05, 3.63) is 35.4 Å². The number of rotatable bonds is 6. The topological polar surface area (TPSA) is 108 Å². The standard InChI is InChI=1S/C19H26N4O4/c1-5-13(4)20-17(26)21-15(24)11-23-16(25)19(6-2,22-18(23)27)14-9-7-12(3)8-10-14/h7-10,13H,5-6,11H2,1-4H3,(H,22,27)(H2,20,21,24,26)/t13-,19-/m0/s1. The second-order valence-electron chi connectivity index (χ2n) is 6.78. The molecule has 1 aliphatic heterocycles. The number of carbonyl (C=O) groups excluding carboxylic acids is 4. The van der Waals surface area contributed by atoms with Gasteiger partial charge in [0.1, 0.15) is 12.1 Å². The van der Waals surface area contributed by atoms with Crippen LogP contribution >= 0.6 is 0 Å². The van der Waals surface area contributed by atoms with Crippen LogP contribution in [0.3, 0.4) is 0 Å². The van der Waals surface area contributed by atoms with Crippen molar-refractivity contribution in [1.29, 1.82) is 0 Å². The van der Waals surface area contributed by atoms with Gasteiger partial charge in [0.2, 0.25) is 5.91 Å². The van der Waals surface area contributed by atoms with E-state index in [1.807, 2.05) is 26.0 Å². The Bertz CT molecular complexity index is 747. The molecule has 8 nitrogen and oxygen atoms in total. The van der Waals surface area contributed by atoms with Crippen molar-refractivity contribution in [2.45, 2.75) is 52.1 Å². The number of hydrogen-bond donors (Lipinski definition) is 3. The highest BCUT2D eigenvalue weighted by atomic mass is 16.2. The van der Waals surface area contributed by atoms with Crippen molar-refractivity contribution in [2.24, 2.45) is 0 Å². The highest BCUT2D eigenvalue weighted by molar-refractivity contribution is 6.10. The van der Waals surface area contributed by atoms with Crippen LogP contribution in [0.4, 0.5) is 9.59 Å². The monoisotopic (exact) mass is 374 g/mol. The van der Waals surface area contributed by atoms with E-state index in [9.17, 15) is 19.2 Å². The first-order chi connectivity index (χ1) is 12.7. The van der Waals surface area contributed by atoms with Gasteiger partial charge in [-0.05, 0) is 32.3 Å². The zero-order valence-corrected chi connectivity index (χ0v) is 16.1. The zero-order valence-electron chi connectivity index (χ0n) is 16.1. The maximum absolute atomic E-state index is 13.0. The predicted octanol–water partition coefficient (Wildman–Crippen LogP) is 1.78. The summed E-state index contributed by atoms with van der Waals surface area (Å²) in [6, 6.07) is 5.91. The van der Waals surface area contributed by atoms with E-state index in [2.05, 4.69) is 16.0 Å². The molecule has 2 rings (SSSR count). The second kappa shape index (κ2) is 8.20. The molecule has 1 heterocycles. The second-order valence-corrected chi connectivity index (χ2v) is 6.78. The fourth-order valence-electron chi connectivity index (χ4n) is 2.92. The van der Waals surface area contributed by atoms with Gasteiger partial charge >= 0.3 is 12.1 Å². The Morgan fingerprint density at radius 3 is 2.37 bits per heavy atom. The molecular formula is C19H26N4O4. The third-order valence-corrected chi connectivity index (χ3v) is 4.79. The molecule has 8 heteroatoms. The van der Waals surface area contributed by atoms with Gasteiger partial charge in [0.25, 0.3) is 5.91 Å². The molecule has 0 radical (unpaired) electrons. The highest BCUT2D eigenvalue weighted by Gasteiger charge is 2.51. The quantitative estimate of drug-likeness (QED) is 0.660. The number of urea groups is 2. The van der Waals surface area contributed by atoms with Gasteiger partial charge in [0.05, 0.1) is 0 Å². The van der Waals surface area contributed by atoms with Crippen LogP contribution in [-0.2, 0) is 15.1 Å². The molecule has 6 amide bonds. The summed E-state index contributed by atoms with van der Waals surface area (Å²) in [7, 11) is 0. The Morgan fingerprint density at radius 2 is 1.81 bits per heavy atom. The number of carbonyl (C=O) groups is 4. The van der Waals surface area contributed by atoms with Crippen molar-refractivity contribution >= 4 is 23.9 Å². The summed E-state index contributed by atoms with van der Waals surface area (Å²) >= 11 is 0. The first kappa shape index (κ1) is 20.4. The molecule has 3 N–H and O–H groups in total. The van der Waals surface area contributed by atoms with Crippen molar-refractivity contribution in [2.75, 3.05) is 6.54 Å². The fraction of sp³-hybridized carbons (Fsp3) is 0.474. The Labute approximate surface area is 158 Å². The van der Waals surface area contributed by atoms with Crippen LogP contribution in [0.15, 0.2) is 24.3 Å². The van der Waals surface area contributed by atoms with Gasteiger partial charge in [0, 0.05) is 6.04 Å². The summed E-state index contributed by atoms with van der Waals surface area (Å²) < 4.78 is 0. The minimum atomic E-state index is -1.20. The Hall–Kier alpha value is -2.90. The van der Waals surface area contributed by atoms with Gasteiger partial charge in [-0.1, -0.05) is 43.7 Å². The van der Waals surface area contributed by atoms with Crippen LogP contribution in [0, 0.1) is 6.92 Å². The van der Waals surface area contributed by atoms with E-state index in [0.717, 1.165) is 10.5 Å². The van der Waals surface area contributed by atoms with E-state index in [4.69, 9.17) is 0 Å². The largest absolute Gasteiger partial charge is 0.335 e. The molecule has 146 valence electrons. The molecule has 1 aromatic carbocycles. The normalized spacial score (nSPS) is 20.2. The average Bonchev–Trinajstić information content (AvgIpc) is 2.87. The van der Waals surface area contributed by atoms with Crippen molar-refractivity contribution in [3.63, 3.8) is 0 Å². The van der Waals surface area contributed by atoms with Crippen LogP contribution in [0.5, 0.6) is 0 Å². The van der Waals surface area contributed by atoms with Gasteiger partial charge in [-0.25, -0.2) is 9.59 Å². The SMILES string of the molecule is CC[C@H](C)NC(=O)NC(=O)CN1C(=O)N[C@@](CC)(c2ccc(C)cc2)C1=O. The van der Waals surface area contributed by atoms with Crippen LogP contribution in [-0.4, -0.2) is 41.4 Å². The lowest BCUT2D eigenvalue weighted by molar-refractivity contribution is -0.135. The number of nitrogens with zero attached hydrogens (tertiary/aromatic N) is 1. The molecule has 1 aliphatic rings. The molecule has 0 aliphatic carbocycles. The van der Waals surface area contributed by atoms with E-state index >= 15 is 0 Å². The Kier molecular flexibility index (Phi) is 6.20. The van der Waals surface area contributed by atoms with Crippen LogP contribution in [0.25, 0.3) is 0 Å². The van der Waals surface area contributed by atoms with E-state index in [-0.39, 0.29) is 6.04 Å². The summed E-state index contributed by atoms with van der Waals surface area (Å²) in [6.07, 6.45) is 1.05. The number of aryl methyl sites for hydroxylation is 1. The first-order valence-corrected chi connectivity index (χ1v) is 9.05. The minimum absolute atomic E-state index is 0.0937. The highest BCUT2D eigenvalue weighted by Crippen LogP contribution is 2.32. The minimum Gasteiger partial charge on any atom is -0.335 e. The van der Waals surface area contributed by atoms with Gasteiger partial charge in [-0.15, -0.1) is 0 Å². The van der Waals surface area contributed by atoms with Gasteiger partial charge in [-0.2, -0.15) is 0 Å². The lowest BCUT2D eigenvalue weighted by Gasteiger charge is -2.25. The molecule has 0 spiro atoms. The number of benzene rings is 1. The third kappa shape index (κ3) is 4.27. The van der Waals surface area contributed by atoms with Gasteiger partial charge in [0.15, 0.2) is 0 Å². The van der Waals surface area contributed by atoms with Crippen LogP contribution in [0.1, 0.15) is 44.7 Å². The summed E-state index contributed by atoms with van der Waals surface area (Å²) in [6.45, 7) is 6.90. The molecule has 0 saturated carbocycles. The first-order valence-electron chi connectivity index (χ1n) is 9.05. The number of hydrogen-bond acceptors (Lipinski definition) is 4. The molecule has 27 heavy (non-hydrogen) atoms. The molecule has 1 saturated heterocycles. The maximum Gasteiger partial charge on any atom is 0.325 e. The number of nitrogens with one attached hydrogen (secondary N) is 3. The molecule has 0 aromatic heterocycles. The van der Waals surface area contributed by atoms with Gasteiger partial charge in [-0.3, -0.25) is 19.8 Å². The van der Waals surface area contributed by atoms with E-state index in [1.165, 1.54) is 0 Å². The number of amides is 6. The fourth-order valence-corrected chi connectivity index (χ4v) is 2.92. The molecular weight excluding hydrogens is 348 g/mol. The smallest absolute Gasteiger partial charge is 0.325 e. The average molecular weight is 374 g/mol. The van der Waals surface area contributed by atoms with E-state index < -0.39 is 36.0 Å². The summed E-state index contributed by atoms with van der Waals surface area (Å²) in [4.78, 5) is 50.0. The zero-order chi connectivity index (χ0) is 20.2. The molecule has 0 unspecified atom stereocenters. The molecule has 1 fully saturated rings. The molecule has 2 atom stereocenters. The predicted molar refractivity (Wildman–Crippen MR) is 99.8 cm³/mol. The Balaban J connectivity index is 2.11. The van der Waals surface area contributed by atoms with Gasteiger partial charge < -0.3 is 10.6 Å². The lowest BCUT2D eigenvalue weighted by atomic mass is 9.87. The third-order valence-electron chi connectivity index (χ3n) is 4.79. The van der Waals surface area contributed by atoms with Crippen molar-refractivity contribution in [3.8, 4) is 0 Å². The van der Waals surface area contributed by atoms with Crippen molar-refractivity contribution < 1.29 is 19.2 Å².